The topological polar surface area (TPSA) is 141 Å². The summed E-state index contributed by atoms with van der Waals surface area (Å²) in [6, 6.07) is 1.05. The van der Waals surface area contributed by atoms with E-state index in [4.69, 9.17) is 10.2 Å². The molecule has 1 aromatic heterocycles. The number of sulfonamides is 1. The highest BCUT2D eigenvalue weighted by Gasteiger charge is 2.17. The molecule has 0 unspecified atom stereocenters. The Bertz CT molecular complexity index is 576. The quantitative estimate of drug-likeness (QED) is 0.554. The third-order valence-corrected chi connectivity index (χ3v) is 2.78. The first-order valence-corrected chi connectivity index (χ1v) is 6.09. The number of nitrogens with two attached hydrogens (primary N) is 1. The van der Waals surface area contributed by atoms with Crippen molar-refractivity contribution >= 4 is 21.9 Å². The van der Waals surface area contributed by atoms with Crippen LogP contribution in [0, 0.1) is 0 Å². The Kier molecular flexibility index (Phi) is 4.06. The van der Waals surface area contributed by atoms with Gasteiger partial charge in [-0.1, -0.05) is 0 Å². The molecule has 4 N–H and O–H groups in total. The molecule has 0 radical (unpaired) electrons. The predicted octanol–water partition coefficient (Wildman–Crippen LogP) is -1.58. The van der Waals surface area contributed by atoms with Crippen molar-refractivity contribution < 1.29 is 28.0 Å². The van der Waals surface area contributed by atoms with Gasteiger partial charge in [0.05, 0.1) is 0 Å². The molecule has 9 nitrogen and oxygen atoms in total. The fourth-order valence-electron chi connectivity index (χ4n) is 1.13. The minimum atomic E-state index is -3.91. The Morgan fingerprint density at radius 1 is 1.56 bits per heavy atom. The summed E-state index contributed by atoms with van der Waals surface area (Å²) in [4.78, 5) is 25.8. The minimum absolute atomic E-state index is 0.0376. The van der Waals surface area contributed by atoms with E-state index in [2.05, 4.69) is 4.84 Å². The van der Waals surface area contributed by atoms with E-state index in [0.717, 1.165) is 12.3 Å². The summed E-state index contributed by atoms with van der Waals surface area (Å²) in [6.45, 7) is -0.710. The van der Waals surface area contributed by atoms with E-state index in [1.165, 1.54) is 11.6 Å². The number of hydrogen-bond donors (Lipinski definition) is 3. The number of carbonyl (C=O) groups is 2. The molecule has 100 valence electrons. The normalized spacial score (nSPS) is 11.2. The summed E-state index contributed by atoms with van der Waals surface area (Å²) in [5.41, 5.74) is 1.82. The number of amides is 1. The second-order valence-corrected chi connectivity index (χ2v) is 4.89. The van der Waals surface area contributed by atoms with Gasteiger partial charge in [0.25, 0.3) is 5.91 Å². The van der Waals surface area contributed by atoms with Crippen molar-refractivity contribution in [3.63, 3.8) is 0 Å². The summed E-state index contributed by atoms with van der Waals surface area (Å²) in [7, 11) is -2.48. The molecule has 0 aliphatic heterocycles. The Hall–Kier alpha value is -1.91. The maximum absolute atomic E-state index is 11.5. The molecule has 1 amide bonds. The number of hydrogen-bond acceptors (Lipinski definition) is 5. The fraction of sp³-hybridized carbons (Fsp3) is 0.250. The molecule has 0 spiro atoms. The van der Waals surface area contributed by atoms with Gasteiger partial charge in [-0.15, -0.1) is 0 Å². The lowest BCUT2D eigenvalue weighted by Gasteiger charge is -2.03. The number of carbonyl (C=O) groups excluding carboxylic acids is 1. The van der Waals surface area contributed by atoms with Gasteiger partial charge in [-0.3, -0.25) is 9.63 Å². The van der Waals surface area contributed by atoms with Gasteiger partial charge in [0, 0.05) is 13.2 Å². The SMILES string of the molecule is Cn1cc(S(N)(=O)=O)cc1C(=O)NOCC(=O)O. The number of rotatable bonds is 5. The van der Waals surface area contributed by atoms with Crippen LogP contribution in [0.5, 0.6) is 0 Å². The van der Waals surface area contributed by atoms with Crippen molar-refractivity contribution in [1.82, 2.24) is 10.0 Å². The van der Waals surface area contributed by atoms with Gasteiger partial charge in [0.1, 0.15) is 10.6 Å². The summed E-state index contributed by atoms with van der Waals surface area (Å²) in [5.74, 6) is -2.04. The molecule has 10 heteroatoms. The summed E-state index contributed by atoms with van der Waals surface area (Å²) in [6.07, 6.45) is 1.15. The number of carboxylic acids is 1. The zero-order chi connectivity index (χ0) is 13.9. The maximum Gasteiger partial charge on any atom is 0.332 e. The summed E-state index contributed by atoms with van der Waals surface area (Å²) < 4.78 is 23.3. The van der Waals surface area contributed by atoms with E-state index < -0.39 is 28.5 Å². The van der Waals surface area contributed by atoms with Crippen molar-refractivity contribution in [3.8, 4) is 0 Å². The lowest BCUT2D eigenvalue weighted by atomic mass is 10.4. The molecule has 0 fully saturated rings. The van der Waals surface area contributed by atoms with Crippen LogP contribution < -0.4 is 10.6 Å². The molecule has 0 aliphatic carbocycles. The first-order valence-electron chi connectivity index (χ1n) is 4.55. The number of aliphatic carboxylic acids is 1. The van der Waals surface area contributed by atoms with E-state index in [1.54, 1.807) is 0 Å². The van der Waals surface area contributed by atoms with Gasteiger partial charge in [0.15, 0.2) is 6.61 Å². The van der Waals surface area contributed by atoms with Crippen molar-refractivity contribution in [1.29, 1.82) is 0 Å². The van der Waals surface area contributed by atoms with Gasteiger partial charge in [0.2, 0.25) is 10.0 Å². The van der Waals surface area contributed by atoms with E-state index >= 15 is 0 Å². The predicted molar refractivity (Wildman–Crippen MR) is 57.8 cm³/mol. The average Bonchev–Trinajstić information content (AvgIpc) is 2.59. The first kappa shape index (κ1) is 14.2. The number of aromatic nitrogens is 1. The van der Waals surface area contributed by atoms with Crippen molar-refractivity contribution in [2.75, 3.05) is 6.61 Å². The maximum atomic E-state index is 11.5. The van der Waals surface area contributed by atoms with Crippen molar-refractivity contribution in [2.45, 2.75) is 4.90 Å². The third kappa shape index (κ3) is 3.55. The van der Waals surface area contributed by atoms with Crippen LogP contribution >= 0.6 is 0 Å². The molecule has 0 bridgehead atoms. The Labute approximate surface area is 102 Å². The van der Waals surface area contributed by atoms with Crippen LogP contribution in [-0.2, 0) is 26.7 Å². The minimum Gasteiger partial charge on any atom is -0.479 e. The molecule has 0 aromatic carbocycles. The average molecular weight is 277 g/mol. The largest absolute Gasteiger partial charge is 0.479 e. The van der Waals surface area contributed by atoms with Crippen LogP contribution in [0.1, 0.15) is 10.5 Å². The second kappa shape index (κ2) is 5.16. The van der Waals surface area contributed by atoms with Crippen LogP contribution in [-0.4, -0.2) is 36.6 Å². The number of nitrogens with zero attached hydrogens (tertiary/aromatic N) is 1. The number of aryl methyl sites for hydroxylation is 1. The van der Waals surface area contributed by atoms with E-state index in [0.29, 0.717) is 0 Å². The molecule has 0 saturated heterocycles. The number of carboxylic acid groups (broad SMARTS) is 1. The molecule has 0 atom stereocenters. The molecular weight excluding hydrogens is 266 g/mol. The van der Waals surface area contributed by atoms with Crippen LogP contribution in [0.25, 0.3) is 0 Å². The number of nitrogens with one attached hydrogen (secondary N) is 1. The monoisotopic (exact) mass is 277 g/mol. The third-order valence-electron chi connectivity index (χ3n) is 1.90. The second-order valence-electron chi connectivity index (χ2n) is 3.33. The molecule has 1 rings (SSSR count). The van der Waals surface area contributed by atoms with E-state index in [-0.39, 0.29) is 10.6 Å². The molecule has 0 saturated carbocycles. The Morgan fingerprint density at radius 2 is 2.17 bits per heavy atom. The Morgan fingerprint density at radius 3 is 2.61 bits per heavy atom. The lowest BCUT2D eigenvalue weighted by Crippen LogP contribution is -2.28. The molecule has 1 heterocycles. The highest BCUT2D eigenvalue weighted by molar-refractivity contribution is 7.89. The van der Waals surface area contributed by atoms with Crippen LogP contribution in [0.2, 0.25) is 0 Å². The summed E-state index contributed by atoms with van der Waals surface area (Å²) >= 11 is 0. The lowest BCUT2D eigenvalue weighted by molar-refractivity contribution is -0.144. The number of hydroxylamine groups is 1. The number of primary sulfonamides is 1. The van der Waals surface area contributed by atoms with Crippen LogP contribution in [0.4, 0.5) is 0 Å². The zero-order valence-electron chi connectivity index (χ0n) is 9.28. The standard InChI is InChI=1S/C8H11N3O6S/c1-11-3-5(18(9,15)16)2-6(11)8(14)10-17-4-7(12)13/h2-3H,4H2,1H3,(H,10,14)(H,12,13)(H2,9,15,16). The highest BCUT2D eigenvalue weighted by atomic mass is 32.2. The van der Waals surface area contributed by atoms with Gasteiger partial charge in [-0.25, -0.2) is 23.8 Å². The molecule has 0 aliphatic rings. The summed E-state index contributed by atoms with van der Waals surface area (Å²) in [5, 5.41) is 13.2. The van der Waals surface area contributed by atoms with Crippen molar-refractivity contribution in [2.24, 2.45) is 12.2 Å². The molecule has 18 heavy (non-hydrogen) atoms. The zero-order valence-corrected chi connectivity index (χ0v) is 10.1. The van der Waals surface area contributed by atoms with Crippen LogP contribution in [0.15, 0.2) is 17.2 Å². The van der Waals surface area contributed by atoms with E-state index in [1.807, 2.05) is 5.48 Å². The first-order chi connectivity index (χ1) is 8.21. The van der Waals surface area contributed by atoms with Crippen LogP contribution in [0.3, 0.4) is 0 Å². The highest BCUT2D eigenvalue weighted by Crippen LogP contribution is 2.11. The van der Waals surface area contributed by atoms with Gasteiger partial charge in [-0.05, 0) is 6.07 Å². The van der Waals surface area contributed by atoms with Gasteiger partial charge >= 0.3 is 5.97 Å². The molecular formula is C8H11N3O6S. The fourth-order valence-corrected chi connectivity index (χ4v) is 1.71. The van der Waals surface area contributed by atoms with E-state index in [9.17, 15) is 18.0 Å². The smallest absolute Gasteiger partial charge is 0.332 e. The van der Waals surface area contributed by atoms with Crippen molar-refractivity contribution in [3.05, 3.63) is 18.0 Å². The van der Waals surface area contributed by atoms with Gasteiger partial charge in [-0.2, -0.15) is 0 Å². The molecule has 1 aromatic rings. The van der Waals surface area contributed by atoms with Gasteiger partial charge < -0.3 is 9.67 Å². The Balaban J connectivity index is 2.81.